The number of hydrogen-bond acceptors (Lipinski definition) is 10. The molecule has 1 N–H and O–H groups in total. The van der Waals surface area contributed by atoms with E-state index in [9.17, 15) is 0 Å². The van der Waals surface area contributed by atoms with Crippen LogP contribution in [0.2, 0.25) is 5.15 Å². The Morgan fingerprint density at radius 1 is 0.897 bits per heavy atom. The third kappa shape index (κ3) is 6.20. The predicted molar refractivity (Wildman–Crippen MR) is 107 cm³/mol. The number of aliphatic hydroxyl groups is 1. The maximum atomic E-state index is 9.12. The van der Waals surface area contributed by atoms with Crippen molar-refractivity contribution >= 4 is 17.4 Å². The minimum Gasteiger partial charge on any atom is -0.491 e. The molecule has 1 saturated heterocycles. The number of hydrogen-bond donors (Lipinski definition) is 1. The maximum Gasteiger partial charge on any atom is 0.276 e. The fourth-order valence-electron chi connectivity index (χ4n) is 2.77. The third-order valence-corrected chi connectivity index (χ3v) is 4.62. The molecule has 29 heavy (non-hydrogen) atoms. The van der Waals surface area contributed by atoms with Crippen LogP contribution in [0.3, 0.4) is 0 Å². The minimum atomic E-state index is 0.269. The van der Waals surface area contributed by atoms with Gasteiger partial charge in [0.2, 0.25) is 0 Å². The van der Waals surface area contributed by atoms with Gasteiger partial charge in [-0.05, 0) is 18.8 Å². The van der Waals surface area contributed by atoms with E-state index in [1.165, 1.54) is 20.3 Å². The first-order valence-electron chi connectivity index (χ1n) is 8.98. The molecule has 0 aliphatic carbocycles. The second-order valence-electron chi connectivity index (χ2n) is 6.14. The largest absolute Gasteiger partial charge is 0.491 e. The van der Waals surface area contributed by atoms with Gasteiger partial charge in [-0.1, -0.05) is 11.6 Å². The molecule has 3 rings (SSSR count). The lowest BCUT2D eigenvalue weighted by Gasteiger charge is -2.31. The van der Waals surface area contributed by atoms with Crippen LogP contribution in [-0.4, -0.2) is 73.6 Å². The summed E-state index contributed by atoms with van der Waals surface area (Å²) in [6, 6.07) is 3.37. The number of nitrogens with zero attached hydrogens (tertiary/aromatic N) is 5. The average Bonchev–Trinajstić information content (AvgIpc) is 2.79. The Hall–Kier alpha value is -2.59. The van der Waals surface area contributed by atoms with Gasteiger partial charge in [0.15, 0.2) is 22.5 Å². The zero-order valence-corrected chi connectivity index (χ0v) is 17.7. The van der Waals surface area contributed by atoms with Gasteiger partial charge in [-0.15, -0.1) is 20.4 Å². The van der Waals surface area contributed by atoms with E-state index in [-0.39, 0.29) is 11.8 Å². The number of methoxy groups -OCH3 is 4. The number of ether oxygens (including phenoxy) is 4. The van der Waals surface area contributed by atoms with Crippen molar-refractivity contribution in [2.24, 2.45) is 5.92 Å². The summed E-state index contributed by atoms with van der Waals surface area (Å²) < 4.78 is 20.0. The molecule has 0 aromatic carbocycles. The number of aromatic nitrogens is 4. The molecule has 11 heteroatoms. The van der Waals surface area contributed by atoms with E-state index in [0.29, 0.717) is 29.2 Å². The molecular weight excluding hydrogens is 402 g/mol. The van der Waals surface area contributed by atoms with Gasteiger partial charge < -0.3 is 29.0 Å². The highest BCUT2D eigenvalue weighted by Crippen LogP contribution is 2.29. The molecule has 0 unspecified atom stereocenters. The lowest BCUT2D eigenvalue weighted by Crippen LogP contribution is -2.35. The molecule has 0 saturated carbocycles. The zero-order chi connectivity index (χ0) is 21.2. The number of anilines is 1. The summed E-state index contributed by atoms with van der Waals surface area (Å²) in [5.41, 5.74) is 0. The van der Waals surface area contributed by atoms with Gasteiger partial charge in [0.25, 0.3) is 11.8 Å². The van der Waals surface area contributed by atoms with Crippen molar-refractivity contribution < 1.29 is 24.1 Å². The lowest BCUT2D eigenvalue weighted by molar-refractivity contribution is 0.202. The lowest BCUT2D eigenvalue weighted by atomic mass is 9.98. The van der Waals surface area contributed by atoms with Crippen LogP contribution in [0.1, 0.15) is 12.8 Å². The second-order valence-corrected chi connectivity index (χ2v) is 6.53. The standard InChI is InChI=1S/C12H19N3O3.C6H7ClN2O2/c1-17-10-7-11(13-14-12(10)18-2)15-5-3-9(8-16)4-6-15;1-10-4-3-5(7)8-9-6(4)11-2/h7,9,16H,3-6,8H2,1-2H3;3H,1-2H3. The molecule has 160 valence electrons. The summed E-state index contributed by atoms with van der Waals surface area (Å²) in [5.74, 6) is 3.00. The van der Waals surface area contributed by atoms with Crippen LogP contribution in [-0.2, 0) is 0 Å². The van der Waals surface area contributed by atoms with Gasteiger partial charge >= 0.3 is 0 Å². The van der Waals surface area contributed by atoms with E-state index < -0.39 is 0 Å². The minimum absolute atomic E-state index is 0.269. The van der Waals surface area contributed by atoms with Crippen molar-refractivity contribution in [3.8, 4) is 23.3 Å². The molecule has 2 aromatic rings. The molecule has 2 aromatic heterocycles. The molecule has 0 amide bonds. The Bertz CT molecular complexity index is 774. The number of piperidine rings is 1. The van der Waals surface area contributed by atoms with Crippen LogP contribution in [0.25, 0.3) is 0 Å². The molecule has 1 aliphatic rings. The summed E-state index contributed by atoms with van der Waals surface area (Å²) in [4.78, 5) is 2.15. The van der Waals surface area contributed by atoms with Crippen molar-refractivity contribution in [3.05, 3.63) is 17.3 Å². The summed E-state index contributed by atoms with van der Waals surface area (Å²) >= 11 is 5.54. The van der Waals surface area contributed by atoms with Gasteiger partial charge in [0.1, 0.15) is 0 Å². The third-order valence-electron chi connectivity index (χ3n) is 4.43. The topological polar surface area (TPSA) is 112 Å². The Morgan fingerprint density at radius 3 is 1.97 bits per heavy atom. The Balaban J connectivity index is 0.000000234. The maximum absolute atomic E-state index is 9.12. The molecule has 1 aliphatic heterocycles. The molecular formula is C18H26ClN5O5. The van der Waals surface area contributed by atoms with Crippen molar-refractivity contribution in [1.82, 2.24) is 20.4 Å². The van der Waals surface area contributed by atoms with E-state index in [1.807, 2.05) is 6.07 Å². The van der Waals surface area contributed by atoms with E-state index in [4.69, 9.17) is 35.7 Å². The first-order chi connectivity index (χ1) is 14.1. The predicted octanol–water partition coefficient (Wildman–Crippen LogP) is 1.85. The molecule has 0 spiro atoms. The smallest absolute Gasteiger partial charge is 0.276 e. The van der Waals surface area contributed by atoms with Crippen molar-refractivity contribution in [1.29, 1.82) is 0 Å². The fourth-order valence-corrected chi connectivity index (χ4v) is 2.91. The highest BCUT2D eigenvalue weighted by Gasteiger charge is 2.21. The summed E-state index contributed by atoms with van der Waals surface area (Å²) in [5, 5.41) is 24.7. The summed E-state index contributed by atoms with van der Waals surface area (Å²) in [6.45, 7) is 2.04. The van der Waals surface area contributed by atoms with Crippen molar-refractivity contribution in [2.45, 2.75) is 12.8 Å². The highest BCUT2D eigenvalue weighted by molar-refractivity contribution is 6.29. The van der Waals surface area contributed by atoms with Gasteiger partial charge in [-0.25, -0.2) is 0 Å². The van der Waals surface area contributed by atoms with Crippen LogP contribution < -0.4 is 23.8 Å². The van der Waals surface area contributed by atoms with Crippen LogP contribution in [0.15, 0.2) is 12.1 Å². The molecule has 0 radical (unpaired) electrons. The summed E-state index contributed by atoms with van der Waals surface area (Å²) in [7, 11) is 6.12. The second kappa shape index (κ2) is 11.4. The van der Waals surface area contributed by atoms with Gasteiger partial charge in [-0.2, -0.15) is 0 Å². The average molecular weight is 428 g/mol. The van der Waals surface area contributed by atoms with Crippen molar-refractivity contribution in [3.63, 3.8) is 0 Å². The van der Waals surface area contributed by atoms with Crippen LogP contribution in [0.5, 0.6) is 23.3 Å². The highest BCUT2D eigenvalue weighted by atomic mass is 35.5. The van der Waals surface area contributed by atoms with Gasteiger partial charge in [0.05, 0.1) is 28.4 Å². The quantitative estimate of drug-likeness (QED) is 0.732. The fraction of sp³-hybridized carbons (Fsp3) is 0.556. The van der Waals surface area contributed by atoms with Crippen LogP contribution in [0, 0.1) is 5.92 Å². The Kier molecular flexibility index (Phi) is 8.94. The van der Waals surface area contributed by atoms with Crippen LogP contribution >= 0.6 is 11.6 Å². The molecule has 0 bridgehead atoms. The van der Waals surface area contributed by atoms with Crippen LogP contribution in [0.4, 0.5) is 5.82 Å². The molecule has 3 heterocycles. The summed E-state index contributed by atoms with van der Waals surface area (Å²) in [6.07, 6.45) is 1.96. The molecule has 10 nitrogen and oxygen atoms in total. The van der Waals surface area contributed by atoms with E-state index in [0.717, 1.165) is 31.7 Å². The van der Waals surface area contributed by atoms with Gasteiger partial charge in [0, 0.05) is 31.8 Å². The van der Waals surface area contributed by atoms with E-state index in [2.05, 4.69) is 25.3 Å². The number of halogens is 1. The first kappa shape index (κ1) is 22.7. The van der Waals surface area contributed by atoms with Gasteiger partial charge in [-0.3, -0.25) is 0 Å². The monoisotopic (exact) mass is 427 g/mol. The first-order valence-corrected chi connectivity index (χ1v) is 9.36. The van der Waals surface area contributed by atoms with Crippen molar-refractivity contribution in [2.75, 3.05) is 53.0 Å². The number of aliphatic hydroxyl groups excluding tert-OH is 1. The van der Waals surface area contributed by atoms with E-state index in [1.54, 1.807) is 14.2 Å². The number of rotatable bonds is 6. The Labute approximate surface area is 174 Å². The van der Waals surface area contributed by atoms with E-state index >= 15 is 0 Å². The SMILES string of the molecule is COc1cc(Cl)nnc1OC.COc1cc(N2CCC(CO)CC2)nnc1OC. The zero-order valence-electron chi connectivity index (χ0n) is 17.0. The molecule has 0 atom stereocenters. The normalized spacial score (nSPS) is 13.9. The Morgan fingerprint density at radius 2 is 1.45 bits per heavy atom. The molecule has 1 fully saturated rings.